The van der Waals surface area contributed by atoms with Crippen molar-refractivity contribution in [1.82, 2.24) is 19.9 Å². The smallest absolute Gasteiger partial charge is 0.251 e. The van der Waals surface area contributed by atoms with Crippen LogP contribution in [0.25, 0.3) is 16.8 Å². The van der Waals surface area contributed by atoms with Crippen LogP contribution in [0, 0.1) is 5.82 Å². The lowest BCUT2D eigenvalue weighted by atomic mass is 10.0. The Kier molecular flexibility index (Phi) is 7.11. The second kappa shape index (κ2) is 10.6. The minimum Gasteiger partial charge on any atom is -0.497 e. The molecule has 0 unspecified atom stereocenters. The van der Waals surface area contributed by atoms with Crippen LogP contribution in [-0.2, 0) is 11.3 Å². The fraction of sp³-hybridized carbons (Fsp3) is 0.269. The molecule has 37 heavy (non-hydrogen) atoms. The average Bonchev–Trinajstić information content (AvgIpc) is 3.58. The van der Waals surface area contributed by atoms with Crippen LogP contribution in [0.5, 0.6) is 17.4 Å². The Bertz CT molecular complexity index is 1440. The van der Waals surface area contributed by atoms with Crippen molar-refractivity contribution in [3.63, 3.8) is 0 Å². The van der Waals surface area contributed by atoms with E-state index in [-0.39, 0.29) is 40.5 Å². The standard InChI is InChI=1S/C26H24ClFN4O5/c1-29-25(33)16-9-19(23(28)22(10-16)36-13-15-3-5-17(34-2)6-4-15)20-11-30-32-12-21(27)26(31-24(20)32)37-18-7-8-35-14-18/h3-6,9-12,18H,7-8,13-14H2,1-2H3,(H,29,33)/t18-/m0/s1. The second-order valence-electron chi connectivity index (χ2n) is 8.38. The molecule has 4 aromatic rings. The third kappa shape index (κ3) is 5.16. The third-order valence-corrected chi connectivity index (χ3v) is 6.21. The van der Waals surface area contributed by atoms with Crippen LogP contribution in [0.3, 0.4) is 0 Å². The third-order valence-electron chi connectivity index (χ3n) is 5.95. The first-order chi connectivity index (χ1) is 18.0. The number of benzene rings is 2. The van der Waals surface area contributed by atoms with Gasteiger partial charge in [-0.25, -0.2) is 8.91 Å². The van der Waals surface area contributed by atoms with Crippen molar-refractivity contribution >= 4 is 23.2 Å². The van der Waals surface area contributed by atoms with Crippen LogP contribution in [0.15, 0.2) is 48.8 Å². The number of ether oxygens (including phenoxy) is 4. The van der Waals surface area contributed by atoms with Gasteiger partial charge < -0.3 is 24.3 Å². The molecule has 0 bridgehead atoms. The molecule has 0 spiro atoms. The summed E-state index contributed by atoms with van der Waals surface area (Å²) in [5.41, 5.74) is 1.79. The number of fused-ring (bicyclic) bond motifs is 1. The van der Waals surface area contributed by atoms with Gasteiger partial charge in [0.1, 0.15) is 23.5 Å². The normalized spacial score (nSPS) is 15.1. The van der Waals surface area contributed by atoms with Crippen LogP contribution in [-0.4, -0.2) is 54.0 Å². The SMILES string of the molecule is CNC(=O)c1cc(OCc2ccc(OC)cc2)c(F)c(-c2cnn3cc(Cl)c(O[C@H]4CCOC4)nc23)c1. The monoisotopic (exact) mass is 526 g/mol. The van der Waals surface area contributed by atoms with Gasteiger partial charge in [-0.3, -0.25) is 4.79 Å². The summed E-state index contributed by atoms with van der Waals surface area (Å²) in [6.45, 7) is 1.12. The van der Waals surface area contributed by atoms with Crippen molar-refractivity contribution in [3.8, 4) is 28.5 Å². The van der Waals surface area contributed by atoms with Gasteiger partial charge in [-0.1, -0.05) is 23.7 Å². The van der Waals surface area contributed by atoms with Gasteiger partial charge in [0.15, 0.2) is 17.2 Å². The highest BCUT2D eigenvalue weighted by molar-refractivity contribution is 6.31. The fourth-order valence-electron chi connectivity index (χ4n) is 3.97. The summed E-state index contributed by atoms with van der Waals surface area (Å²) in [5, 5.41) is 7.10. The Morgan fingerprint density at radius 1 is 1.27 bits per heavy atom. The van der Waals surface area contributed by atoms with E-state index < -0.39 is 11.7 Å². The van der Waals surface area contributed by atoms with Gasteiger partial charge >= 0.3 is 0 Å². The predicted molar refractivity (Wildman–Crippen MR) is 134 cm³/mol. The summed E-state index contributed by atoms with van der Waals surface area (Å²) in [5.74, 6) is -0.235. The molecule has 1 N–H and O–H groups in total. The highest BCUT2D eigenvalue weighted by atomic mass is 35.5. The Labute approximate surface area is 217 Å². The Hall–Kier alpha value is -3.89. The molecule has 11 heteroatoms. The molecular formula is C26H24ClFN4O5. The Morgan fingerprint density at radius 3 is 2.78 bits per heavy atom. The predicted octanol–water partition coefficient (Wildman–Crippen LogP) is 4.30. The van der Waals surface area contributed by atoms with Crippen LogP contribution >= 0.6 is 11.6 Å². The van der Waals surface area contributed by atoms with Gasteiger partial charge in [-0.15, -0.1) is 0 Å². The van der Waals surface area contributed by atoms with Crippen molar-refractivity contribution in [3.05, 3.63) is 70.8 Å². The van der Waals surface area contributed by atoms with Gasteiger partial charge in [-0.2, -0.15) is 10.1 Å². The van der Waals surface area contributed by atoms with E-state index in [9.17, 15) is 4.79 Å². The molecule has 3 heterocycles. The quantitative estimate of drug-likeness (QED) is 0.365. The highest BCUT2D eigenvalue weighted by Crippen LogP contribution is 2.35. The zero-order chi connectivity index (χ0) is 25.9. The fourth-order valence-corrected chi connectivity index (χ4v) is 4.15. The van der Waals surface area contributed by atoms with E-state index in [1.165, 1.54) is 29.9 Å². The van der Waals surface area contributed by atoms with E-state index in [0.29, 0.717) is 36.6 Å². The number of hydrogen-bond donors (Lipinski definition) is 1. The van der Waals surface area contributed by atoms with Crippen molar-refractivity contribution in [1.29, 1.82) is 0 Å². The number of halogens is 2. The van der Waals surface area contributed by atoms with Crippen LogP contribution in [0.1, 0.15) is 22.3 Å². The van der Waals surface area contributed by atoms with Crippen molar-refractivity contribution in [2.75, 3.05) is 27.4 Å². The molecule has 2 aromatic carbocycles. The minimum absolute atomic E-state index is 0.0835. The molecule has 0 saturated carbocycles. The molecule has 9 nitrogen and oxygen atoms in total. The van der Waals surface area contributed by atoms with Crippen molar-refractivity contribution in [2.24, 2.45) is 0 Å². The molecule has 0 aliphatic carbocycles. The van der Waals surface area contributed by atoms with Gasteiger partial charge in [0, 0.05) is 30.2 Å². The number of methoxy groups -OCH3 is 1. The van der Waals surface area contributed by atoms with E-state index in [1.54, 1.807) is 25.4 Å². The van der Waals surface area contributed by atoms with E-state index in [1.807, 2.05) is 12.1 Å². The van der Waals surface area contributed by atoms with Crippen molar-refractivity contribution in [2.45, 2.75) is 19.1 Å². The molecule has 192 valence electrons. The largest absolute Gasteiger partial charge is 0.497 e. The first kappa shape index (κ1) is 24.8. The first-order valence-electron chi connectivity index (χ1n) is 11.6. The average molecular weight is 527 g/mol. The van der Waals surface area contributed by atoms with E-state index in [2.05, 4.69) is 15.4 Å². The number of rotatable bonds is 8. The molecular weight excluding hydrogens is 503 g/mol. The molecule has 1 fully saturated rings. The Balaban J connectivity index is 1.53. The topological polar surface area (TPSA) is 96.2 Å². The summed E-state index contributed by atoms with van der Waals surface area (Å²) in [6.07, 6.45) is 3.54. The number of aromatic nitrogens is 3. The van der Waals surface area contributed by atoms with E-state index in [4.69, 9.17) is 30.5 Å². The zero-order valence-electron chi connectivity index (χ0n) is 20.2. The molecule has 0 radical (unpaired) electrons. The number of nitrogens with one attached hydrogen (secondary N) is 1. The maximum Gasteiger partial charge on any atom is 0.251 e. The summed E-state index contributed by atoms with van der Waals surface area (Å²) < 4.78 is 39.5. The molecule has 2 aromatic heterocycles. The number of hydrogen-bond acceptors (Lipinski definition) is 7. The number of amides is 1. The number of carbonyl (C=O) groups excluding carboxylic acids is 1. The summed E-state index contributed by atoms with van der Waals surface area (Å²) in [4.78, 5) is 17.0. The van der Waals surface area contributed by atoms with Crippen molar-refractivity contribution < 1.29 is 28.1 Å². The first-order valence-corrected chi connectivity index (χ1v) is 11.9. The van der Waals surface area contributed by atoms with Gasteiger partial charge in [0.25, 0.3) is 5.91 Å². The van der Waals surface area contributed by atoms with Gasteiger partial charge in [0.2, 0.25) is 5.88 Å². The lowest BCUT2D eigenvalue weighted by molar-refractivity contribution is 0.0962. The lowest BCUT2D eigenvalue weighted by Crippen LogP contribution is -2.18. The van der Waals surface area contributed by atoms with Crippen LogP contribution < -0.4 is 19.5 Å². The minimum atomic E-state index is -0.653. The van der Waals surface area contributed by atoms with E-state index >= 15 is 4.39 Å². The van der Waals surface area contributed by atoms with Crippen LogP contribution in [0.4, 0.5) is 4.39 Å². The van der Waals surface area contributed by atoms with E-state index in [0.717, 1.165) is 5.56 Å². The molecule has 5 rings (SSSR count). The summed E-state index contributed by atoms with van der Waals surface area (Å²) >= 11 is 6.35. The van der Waals surface area contributed by atoms with Gasteiger partial charge in [0.05, 0.1) is 32.7 Å². The molecule has 1 aliphatic rings. The Morgan fingerprint density at radius 2 is 2.08 bits per heavy atom. The molecule has 1 amide bonds. The summed E-state index contributed by atoms with van der Waals surface area (Å²) in [6, 6.07) is 10.0. The maximum atomic E-state index is 15.8. The molecule has 1 atom stereocenters. The number of carbonyl (C=O) groups is 1. The molecule has 1 saturated heterocycles. The zero-order valence-corrected chi connectivity index (χ0v) is 20.9. The number of nitrogens with zero attached hydrogens (tertiary/aromatic N) is 3. The second-order valence-corrected chi connectivity index (χ2v) is 8.78. The highest BCUT2D eigenvalue weighted by Gasteiger charge is 2.23. The maximum absolute atomic E-state index is 15.8. The molecule has 1 aliphatic heterocycles. The summed E-state index contributed by atoms with van der Waals surface area (Å²) in [7, 11) is 3.08. The van der Waals surface area contributed by atoms with Crippen LogP contribution in [0.2, 0.25) is 5.02 Å². The van der Waals surface area contributed by atoms with Gasteiger partial charge in [-0.05, 0) is 29.8 Å². The lowest BCUT2D eigenvalue weighted by Gasteiger charge is -2.14.